The molecule has 1 saturated heterocycles. The third-order valence-corrected chi connectivity index (χ3v) is 5.70. The second-order valence-corrected chi connectivity index (χ2v) is 7.73. The minimum atomic E-state index is 0.230. The van der Waals surface area contributed by atoms with Gasteiger partial charge in [0.05, 0.1) is 0 Å². The Morgan fingerprint density at radius 2 is 2.10 bits per heavy atom. The first-order valence-corrected chi connectivity index (χ1v) is 10.8. The van der Waals surface area contributed by atoms with E-state index in [0.29, 0.717) is 24.7 Å². The molecule has 9 heteroatoms. The fraction of sp³-hybridized carbons (Fsp3) is 0.500. The third kappa shape index (κ3) is 5.25. The SMILES string of the molecule is CCN(C1CCNC1)N(O)c1cc(-c2ccc3c(c2)CN(C)CCO3)cnc1N.CN. The van der Waals surface area contributed by atoms with E-state index < -0.39 is 0 Å². The van der Waals surface area contributed by atoms with Crippen LogP contribution in [0.25, 0.3) is 11.1 Å². The molecule has 1 unspecified atom stereocenters. The molecule has 1 fully saturated rings. The Bertz CT molecular complexity index is 858. The lowest BCUT2D eigenvalue weighted by Crippen LogP contribution is -2.48. The predicted molar refractivity (Wildman–Crippen MR) is 124 cm³/mol. The van der Waals surface area contributed by atoms with Gasteiger partial charge in [0, 0.05) is 49.5 Å². The number of likely N-dealkylation sites (N-methyl/N-ethyl adjacent to an activating group) is 2. The smallest absolute Gasteiger partial charge is 0.151 e. The molecule has 170 valence electrons. The molecule has 4 rings (SSSR count). The first-order valence-electron chi connectivity index (χ1n) is 10.8. The lowest BCUT2D eigenvalue weighted by Gasteiger charge is -2.35. The van der Waals surface area contributed by atoms with Crippen LogP contribution in [0.4, 0.5) is 11.5 Å². The number of rotatable bonds is 5. The van der Waals surface area contributed by atoms with Crippen LogP contribution in [0.15, 0.2) is 30.5 Å². The van der Waals surface area contributed by atoms with Crippen LogP contribution in [-0.2, 0) is 6.54 Å². The number of nitrogens with zero attached hydrogens (tertiary/aromatic N) is 4. The molecule has 1 aromatic heterocycles. The van der Waals surface area contributed by atoms with Gasteiger partial charge < -0.3 is 21.5 Å². The zero-order valence-corrected chi connectivity index (χ0v) is 18.7. The van der Waals surface area contributed by atoms with Crippen molar-refractivity contribution in [1.82, 2.24) is 20.2 Å². The van der Waals surface area contributed by atoms with E-state index in [4.69, 9.17) is 10.5 Å². The summed E-state index contributed by atoms with van der Waals surface area (Å²) in [4.78, 5) is 6.60. The largest absolute Gasteiger partial charge is 0.492 e. The third-order valence-electron chi connectivity index (χ3n) is 5.70. The van der Waals surface area contributed by atoms with Crippen molar-refractivity contribution in [2.45, 2.75) is 25.9 Å². The van der Waals surface area contributed by atoms with E-state index in [2.05, 4.69) is 34.0 Å². The van der Waals surface area contributed by atoms with Crippen LogP contribution in [0.1, 0.15) is 18.9 Å². The van der Waals surface area contributed by atoms with Gasteiger partial charge in [-0.25, -0.2) is 4.98 Å². The Morgan fingerprint density at radius 3 is 2.81 bits per heavy atom. The van der Waals surface area contributed by atoms with Crippen molar-refractivity contribution >= 4 is 11.5 Å². The molecule has 0 radical (unpaired) electrons. The number of nitrogen functional groups attached to an aromatic ring is 1. The van der Waals surface area contributed by atoms with Crippen molar-refractivity contribution in [1.29, 1.82) is 0 Å². The summed E-state index contributed by atoms with van der Waals surface area (Å²) in [6, 6.07) is 8.30. The quantitative estimate of drug-likeness (QED) is 0.525. The molecule has 9 nitrogen and oxygen atoms in total. The van der Waals surface area contributed by atoms with Crippen molar-refractivity contribution in [2.24, 2.45) is 5.73 Å². The van der Waals surface area contributed by atoms with Crippen LogP contribution < -0.4 is 26.7 Å². The van der Waals surface area contributed by atoms with Crippen LogP contribution in [-0.4, -0.2) is 73.0 Å². The van der Waals surface area contributed by atoms with Crippen molar-refractivity contribution in [3.05, 3.63) is 36.0 Å². The Kier molecular flexibility index (Phi) is 8.05. The topological polar surface area (TPSA) is 116 Å². The minimum Gasteiger partial charge on any atom is -0.492 e. The number of ether oxygens (including phenoxy) is 1. The molecule has 2 aliphatic rings. The minimum absolute atomic E-state index is 0.230. The van der Waals surface area contributed by atoms with E-state index >= 15 is 0 Å². The Hall–Kier alpha value is -2.43. The maximum Gasteiger partial charge on any atom is 0.151 e. The number of benzene rings is 1. The van der Waals surface area contributed by atoms with Crippen molar-refractivity contribution in [3.63, 3.8) is 0 Å². The lowest BCUT2D eigenvalue weighted by atomic mass is 10.0. The van der Waals surface area contributed by atoms with Gasteiger partial charge in [-0.05, 0) is 50.8 Å². The summed E-state index contributed by atoms with van der Waals surface area (Å²) in [5, 5.41) is 17.4. The van der Waals surface area contributed by atoms with Crippen molar-refractivity contribution in [3.8, 4) is 16.9 Å². The van der Waals surface area contributed by atoms with Gasteiger partial charge in [-0.2, -0.15) is 10.2 Å². The van der Waals surface area contributed by atoms with Gasteiger partial charge >= 0.3 is 0 Å². The molecule has 0 saturated carbocycles. The molecule has 0 amide bonds. The van der Waals surface area contributed by atoms with Gasteiger partial charge in [0.1, 0.15) is 18.0 Å². The predicted octanol–water partition coefficient (Wildman–Crippen LogP) is 1.52. The van der Waals surface area contributed by atoms with E-state index in [1.807, 2.05) is 30.1 Å². The second-order valence-electron chi connectivity index (χ2n) is 7.73. The molecule has 6 N–H and O–H groups in total. The summed E-state index contributed by atoms with van der Waals surface area (Å²) < 4.78 is 5.86. The number of nitrogens with one attached hydrogen (secondary N) is 1. The Balaban J connectivity index is 0.00000132. The average Bonchev–Trinajstić information content (AvgIpc) is 3.24. The average molecular weight is 430 g/mol. The maximum absolute atomic E-state index is 10.9. The van der Waals surface area contributed by atoms with Crippen LogP contribution in [0.2, 0.25) is 0 Å². The van der Waals surface area contributed by atoms with Gasteiger partial charge in [0.15, 0.2) is 5.82 Å². The summed E-state index contributed by atoms with van der Waals surface area (Å²) in [7, 11) is 3.59. The van der Waals surface area contributed by atoms with Gasteiger partial charge in [0.2, 0.25) is 0 Å². The molecule has 2 aliphatic heterocycles. The number of nitrogens with two attached hydrogens (primary N) is 2. The van der Waals surface area contributed by atoms with Gasteiger partial charge in [-0.15, -0.1) is 0 Å². The van der Waals surface area contributed by atoms with Crippen LogP contribution in [0, 0.1) is 0 Å². The molecular weight excluding hydrogens is 394 g/mol. The summed E-state index contributed by atoms with van der Waals surface area (Å²) >= 11 is 0. The van der Waals surface area contributed by atoms with Gasteiger partial charge in [-0.3, -0.25) is 10.1 Å². The molecule has 1 aromatic carbocycles. The van der Waals surface area contributed by atoms with Crippen molar-refractivity contribution in [2.75, 3.05) is 57.8 Å². The van der Waals surface area contributed by atoms with Crippen LogP contribution in [0.3, 0.4) is 0 Å². The normalized spacial score (nSPS) is 18.6. The molecule has 2 aromatic rings. The summed E-state index contributed by atoms with van der Waals surface area (Å²) in [6.45, 7) is 6.93. The standard InChI is InChI=1S/C21H30N6O2.CH5N/c1-3-26(18-6-7-23-13-18)27(28)19-11-16(12-24-21(19)22)15-4-5-20-17(10-15)14-25(2)8-9-29-20;1-2/h4-5,10-12,18,23,28H,3,6-9,13-14H2,1-2H3,(H2,22,24);2H2,1H3. The van der Waals surface area contributed by atoms with E-state index in [1.54, 1.807) is 6.20 Å². The van der Waals surface area contributed by atoms with E-state index in [0.717, 1.165) is 55.0 Å². The van der Waals surface area contributed by atoms with Crippen LogP contribution >= 0.6 is 0 Å². The number of aromatic nitrogens is 1. The van der Waals surface area contributed by atoms with Crippen LogP contribution in [0.5, 0.6) is 5.75 Å². The van der Waals surface area contributed by atoms with Crippen molar-refractivity contribution < 1.29 is 9.94 Å². The number of fused-ring (bicyclic) bond motifs is 1. The zero-order chi connectivity index (χ0) is 22.4. The highest BCUT2D eigenvalue weighted by Crippen LogP contribution is 2.32. The monoisotopic (exact) mass is 429 g/mol. The number of pyridine rings is 1. The van der Waals surface area contributed by atoms with Gasteiger partial charge in [-0.1, -0.05) is 13.0 Å². The Labute approximate surface area is 184 Å². The number of hydrazine groups is 1. The highest BCUT2D eigenvalue weighted by atomic mass is 16.6. The molecule has 3 heterocycles. The van der Waals surface area contributed by atoms with E-state index in [1.165, 1.54) is 12.2 Å². The second kappa shape index (κ2) is 10.7. The summed E-state index contributed by atoms with van der Waals surface area (Å²) in [5.74, 6) is 1.23. The van der Waals surface area contributed by atoms with E-state index in [9.17, 15) is 5.21 Å². The molecule has 1 atom stereocenters. The zero-order valence-electron chi connectivity index (χ0n) is 18.7. The Morgan fingerprint density at radius 1 is 1.29 bits per heavy atom. The highest BCUT2D eigenvalue weighted by molar-refractivity contribution is 5.73. The number of anilines is 2. The highest BCUT2D eigenvalue weighted by Gasteiger charge is 2.27. The van der Waals surface area contributed by atoms with Gasteiger partial charge in [0.25, 0.3) is 0 Å². The molecule has 0 spiro atoms. The van der Waals surface area contributed by atoms with E-state index in [-0.39, 0.29) is 6.04 Å². The molecule has 31 heavy (non-hydrogen) atoms. The first kappa shape index (κ1) is 23.2. The first-order chi connectivity index (χ1) is 15.1. The summed E-state index contributed by atoms with van der Waals surface area (Å²) in [5.41, 5.74) is 14.2. The molecular formula is C22H35N7O2. The lowest BCUT2D eigenvalue weighted by molar-refractivity contribution is 0.0410. The fourth-order valence-corrected chi connectivity index (χ4v) is 4.07. The number of hydrogen-bond acceptors (Lipinski definition) is 9. The maximum atomic E-state index is 10.9. The molecule has 0 aliphatic carbocycles. The summed E-state index contributed by atoms with van der Waals surface area (Å²) in [6.07, 6.45) is 2.74. The fourth-order valence-electron chi connectivity index (χ4n) is 4.07. The molecule has 0 bridgehead atoms. The number of hydrogen-bond donors (Lipinski definition) is 4.